The molecule has 0 atom stereocenters. The maximum atomic E-state index is 12.8. The zero-order chi connectivity index (χ0) is 19.0. The first kappa shape index (κ1) is 19.7. The minimum absolute atomic E-state index is 0.0592. The molecule has 0 saturated carbocycles. The number of fused-ring (bicyclic) bond motifs is 1. The quantitative estimate of drug-likeness (QED) is 0.704. The van der Waals surface area contributed by atoms with Crippen molar-refractivity contribution in [2.45, 2.75) is 72.3 Å². The summed E-state index contributed by atoms with van der Waals surface area (Å²) in [5, 5.41) is 1.04. The molecule has 138 valence electrons. The molecule has 0 saturated heterocycles. The fraction of sp³-hybridized carbons (Fsp3) is 0.550. The largest absolute Gasteiger partial charge is 0.443 e. The summed E-state index contributed by atoms with van der Waals surface area (Å²) in [4.78, 5) is 12.8. The van der Waals surface area contributed by atoms with Crippen LogP contribution in [-0.2, 0) is 21.2 Å². The fourth-order valence-corrected chi connectivity index (χ4v) is 3.12. The Kier molecular flexibility index (Phi) is 5.49. The van der Waals surface area contributed by atoms with Crippen LogP contribution in [0.2, 0.25) is 13.1 Å². The van der Waals surface area contributed by atoms with Crippen molar-refractivity contribution in [3.63, 3.8) is 0 Å². The van der Waals surface area contributed by atoms with E-state index in [9.17, 15) is 4.79 Å². The van der Waals surface area contributed by atoms with Crippen molar-refractivity contribution < 1.29 is 14.0 Å². The summed E-state index contributed by atoms with van der Waals surface area (Å²) in [7, 11) is -1.18. The van der Waals surface area contributed by atoms with Gasteiger partial charge in [-0.3, -0.25) is 0 Å². The Bertz CT molecular complexity index is 764. The monoisotopic (exact) mass is 361 g/mol. The van der Waals surface area contributed by atoms with E-state index in [-0.39, 0.29) is 11.5 Å². The van der Waals surface area contributed by atoms with Gasteiger partial charge < -0.3 is 9.16 Å². The van der Waals surface area contributed by atoms with Crippen LogP contribution in [0.25, 0.3) is 10.9 Å². The van der Waals surface area contributed by atoms with E-state index in [1.54, 1.807) is 4.57 Å². The number of rotatable bonds is 3. The van der Waals surface area contributed by atoms with Crippen molar-refractivity contribution in [3.05, 3.63) is 35.5 Å². The van der Waals surface area contributed by atoms with Gasteiger partial charge in [0.25, 0.3) is 0 Å². The Labute approximate surface area is 152 Å². The van der Waals surface area contributed by atoms with E-state index in [2.05, 4.69) is 46.0 Å². The molecule has 0 aliphatic rings. The van der Waals surface area contributed by atoms with Gasteiger partial charge in [-0.05, 0) is 63.0 Å². The Morgan fingerprint density at radius 3 is 2.24 bits per heavy atom. The third-order valence-electron chi connectivity index (χ3n) is 3.88. The highest BCUT2D eigenvalue weighted by Gasteiger charge is 2.23. The van der Waals surface area contributed by atoms with Crippen LogP contribution in [-0.4, -0.2) is 25.3 Å². The molecule has 0 bridgehead atoms. The highest BCUT2D eigenvalue weighted by molar-refractivity contribution is 6.48. The lowest BCUT2D eigenvalue weighted by atomic mass is 9.86. The lowest BCUT2D eigenvalue weighted by molar-refractivity contribution is 0.0535. The highest BCUT2D eigenvalue weighted by Crippen LogP contribution is 2.29. The number of hydrogen-bond donors (Lipinski definition) is 0. The van der Waals surface area contributed by atoms with Crippen LogP contribution in [0, 0.1) is 0 Å². The molecule has 5 heteroatoms. The number of carbonyl (C=O) groups is 1. The van der Waals surface area contributed by atoms with Crippen molar-refractivity contribution in [3.8, 4) is 0 Å². The molecule has 0 unspecified atom stereocenters. The Morgan fingerprint density at radius 2 is 1.72 bits per heavy atom. The lowest BCUT2D eigenvalue weighted by Gasteiger charge is -2.21. The van der Waals surface area contributed by atoms with E-state index < -0.39 is 14.6 Å². The van der Waals surface area contributed by atoms with Crippen LogP contribution in [0.15, 0.2) is 24.3 Å². The second kappa shape index (κ2) is 6.96. The molecule has 1 heterocycles. The number of benzene rings is 1. The van der Waals surface area contributed by atoms with Gasteiger partial charge in [0.05, 0.1) is 17.8 Å². The minimum atomic E-state index is -1.18. The average molecular weight is 362 g/mol. The minimum Gasteiger partial charge on any atom is -0.443 e. The Hall–Kier alpha value is -1.59. The molecule has 25 heavy (non-hydrogen) atoms. The van der Waals surface area contributed by atoms with Crippen molar-refractivity contribution in [2.24, 2.45) is 0 Å². The van der Waals surface area contributed by atoms with Gasteiger partial charge >= 0.3 is 6.09 Å². The first-order valence-electron chi connectivity index (χ1n) is 8.88. The predicted molar refractivity (Wildman–Crippen MR) is 106 cm³/mol. The van der Waals surface area contributed by atoms with Crippen molar-refractivity contribution in [1.82, 2.24) is 4.57 Å². The van der Waals surface area contributed by atoms with E-state index >= 15 is 0 Å². The summed E-state index contributed by atoms with van der Waals surface area (Å²) in [6.45, 7) is 16.9. The molecular weight excluding hydrogens is 330 g/mol. The van der Waals surface area contributed by atoms with Crippen LogP contribution in [0.5, 0.6) is 0 Å². The molecule has 2 rings (SSSR count). The van der Waals surface area contributed by atoms with Crippen LogP contribution in [0.1, 0.15) is 52.8 Å². The first-order valence-corrected chi connectivity index (χ1v) is 11.7. The molecule has 0 radical (unpaired) electrons. The fourth-order valence-electron chi connectivity index (χ4n) is 2.62. The molecule has 4 nitrogen and oxygen atoms in total. The van der Waals surface area contributed by atoms with Gasteiger partial charge in [-0.2, -0.15) is 0 Å². The van der Waals surface area contributed by atoms with Crippen molar-refractivity contribution in [1.29, 1.82) is 0 Å². The van der Waals surface area contributed by atoms with Crippen LogP contribution in [0.4, 0.5) is 4.79 Å². The van der Waals surface area contributed by atoms with Gasteiger partial charge in [-0.25, -0.2) is 9.36 Å². The molecule has 0 fully saturated rings. The molecule has 2 aromatic rings. The van der Waals surface area contributed by atoms with Crippen molar-refractivity contribution >= 4 is 26.0 Å². The number of carbonyl (C=O) groups excluding carboxylic acids is 1. The summed E-state index contributed by atoms with van der Waals surface area (Å²) in [5.41, 5.74) is 2.48. The summed E-state index contributed by atoms with van der Waals surface area (Å²) in [5.74, 6) is 0. The second-order valence-corrected chi connectivity index (χ2v) is 11.3. The van der Waals surface area contributed by atoms with E-state index in [0.717, 1.165) is 16.6 Å². The van der Waals surface area contributed by atoms with Gasteiger partial charge in [0, 0.05) is 5.39 Å². The molecule has 1 aromatic heterocycles. The summed E-state index contributed by atoms with van der Waals surface area (Å²) in [6.07, 6.45) is -0.352. The molecule has 0 aliphatic heterocycles. The maximum Gasteiger partial charge on any atom is 0.419 e. The zero-order valence-corrected chi connectivity index (χ0v) is 17.9. The Balaban J connectivity index is 2.54. The lowest BCUT2D eigenvalue weighted by Crippen LogP contribution is -2.28. The molecular formula is C20H31NO3Si. The third-order valence-corrected chi connectivity index (χ3v) is 4.72. The summed E-state index contributed by atoms with van der Waals surface area (Å²) in [6, 6.07) is 8.30. The summed E-state index contributed by atoms with van der Waals surface area (Å²) >= 11 is 0. The second-order valence-electron chi connectivity index (χ2n) is 8.83. The van der Waals surface area contributed by atoms with Gasteiger partial charge in [-0.15, -0.1) is 0 Å². The number of nitrogens with zero attached hydrogens (tertiary/aromatic N) is 1. The van der Waals surface area contributed by atoms with E-state index in [1.807, 2.05) is 32.9 Å². The first-order chi connectivity index (χ1) is 11.4. The molecule has 0 spiro atoms. The predicted octanol–water partition coefficient (Wildman–Crippen LogP) is 5.22. The normalized spacial score (nSPS) is 12.8. The van der Waals surface area contributed by atoms with E-state index in [4.69, 9.17) is 9.16 Å². The van der Waals surface area contributed by atoms with Gasteiger partial charge in [0.15, 0.2) is 9.04 Å². The van der Waals surface area contributed by atoms with Crippen LogP contribution < -0.4 is 0 Å². The summed E-state index contributed by atoms with van der Waals surface area (Å²) < 4.78 is 13.2. The average Bonchev–Trinajstić information content (AvgIpc) is 2.79. The molecule has 0 N–H and O–H groups in total. The molecule has 0 aliphatic carbocycles. The highest BCUT2D eigenvalue weighted by atomic mass is 28.3. The van der Waals surface area contributed by atoms with Crippen LogP contribution >= 0.6 is 0 Å². The number of aromatic nitrogens is 1. The zero-order valence-electron chi connectivity index (χ0n) is 16.8. The standard InChI is InChI=1S/C20H31NO3Si/c1-19(2,3)15-9-10-17-14(11-15)12-16(13-23-25(7)8)21(17)18(22)24-20(4,5)6/h9-12,25H,13H2,1-8H3. The van der Waals surface area contributed by atoms with Gasteiger partial charge in [-0.1, -0.05) is 26.8 Å². The van der Waals surface area contributed by atoms with Gasteiger partial charge in [0.2, 0.25) is 0 Å². The van der Waals surface area contributed by atoms with Gasteiger partial charge in [0.1, 0.15) is 5.60 Å². The number of ether oxygens (including phenoxy) is 1. The smallest absolute Gasteiger partial charge is 0.419 e. The Morgan fingerprint density at radius 1 is 1.08 bits per heavy atom. The SMILES string of the molecule is C[SiH](C)OCc1cc2cc(C(C)(C)C)ccc2n1C(=O)OC(C)(C)C. The third kappa shape index (κ3) is 4.95. The van der Waals surface area contributed by atoms with Crippen molar-refractivity contribution in [2.75, 3.05) is 0 Å². The van der Waals surface area contributed by atoms with E-state index in [0.29, 0.717) is 6.61 Å². The topological polar surface area (TPSA) is 40.5 Å². The number of hydrogen-bond acceptors (Lipinski definition) is 3. The van der Waals surface area contributed by atoms with Crippen LogP contribution in [0.3, 0.4) is 0 Å². The maximum absolute atomic E-state index is 12.8. The molecule has 1 aromatic carbocycles. The molecule has 0 amide bonds. The van der Waals surface area contributed by atoms with E-state index in [1.165, 1.54) is 5.56 Å².